The lowest BCUT2D eigenvalue weighted by Crippen LogP contribution is -2.43. The van der Waals surface area contributed by atoms with Gasteiger partial charge in [-0.3, -0.25) is 0 Å². The van der Waals surface area contributed by atoms with Gasteiger partial charge in [-0.15, -0.1) is 5.10 Å². The van der Waals surface area contributed by atoms with Crippen LogP contribution in [0.25, 0.3) is 5.82 Å². The number of piperidine rings is 1. The number of β-amino-alcohol motifs (C(OH)–C–C–N with tert-alkyl or cyclic N) is 1. The molecule has 2 fully saturated rings. The second-order valence-corrected chi connectivity index (χ2v) is 10.4. The first-order valence-electron chi connectivity index (χ1n) is 12.6. The number of benzene rings is 1. The summed E-state index contributed by atoms with van der Waals surface area (Å²) in [4.78, 5) is 21.3. The highest BCUT2D eigenvalue weighted by atomic mass is 16.5. The van der Waals surface area contributed by atoms with Crippen LogP contribution in [0.1, 0.15) is 58.1 Å². The SMILES string of the molecule is Cc1nc(-n2cnnn2)ccc1[C@@H](O)CN1CCC2(CC1)CCN(c1ccc3c(c1C)COC3=O)C2. The molecule has 2 saturated heterocycles. The summed E-state index contributed by atoms with van der Waals surface area (Å²) >= 11 is 0. The number of likely N-dealkylation sites (tertiary alicyclic amines) is 1. The topological polar surface area (TPSA) is 110 Å². The molecule has 188 valence electrons. The molecule has 1 N–H and O–H groups in total. The highest BCUT2D eigenvalue weighted by Crippen LogP contribution is 2.43. The molecule has 10 heteroatoms. The monoisotopic (exact) mass is 489 g/mol. The number of aliphatic hydroxyl groups excluding tert-OH is 1. The Kier molecular flexibility index (Phi) is 5.72. The number of hydrogen-bond acceptors (Lipinski definition) is 9. The van der Waals surface area contributed by atoms with Gasteiger partial charge in [-0.25, -0.2) is 9.78 Å². The number of aromatic nitrogens is 5. The van der Waals surface area contributed by atoms with E-state index in [9.17, 15) is 9.90 Å². The van der Waals surface area contributed by atoms with Gasteiger partial charge in [-0.2, -0.15) is 4.68 Å². The number of fused-ring (bicyclic) bond motifs is 1. The van der Waals surface area contributed by atoms with Gasteiger partial charge in [0.15, 0.2) is 5.82 Å². The molecule has 5 heterocycles. The van der Waals surface area contributed by atoms with Crippen LogP contribution in [0.3, 0.4) is 0 Å². The minimum atomic E-state index is -0.589. The summed E-state index contributed by atoms with van der Waals surface area (Å²) < 4.78 is 6.75. The third-order valence-corrected chi connectivity index (χ3v) is 8.32. The van der Waals surface area contributed by atoms with Crippen LogP contribution in [0, 0.1) is 19.3 Å². The fraction of sp³-hybridized carbons (Fsp3) is 0.500. The second kappa shape index (κ2) is 8.94. The molecule has 0 bridgehead atoms. The van der Waals surface area contributed by atoms with Gasteiger partial charge in [-0.1, -0.05) is 6.07 Å². The van der Waals surface area contributed by atoms with Crippen LogP contribution in [-0.4, -0.2) is 73.9 Å². The quantitative estimate of drug-likeness (QED) is 0.540. The summed E-state index contributed by atoms with van der Waals surface area (Å²) in [6.45, 7) is 9.04. The van der Waals surface area contributed by atoms with Crippen molar-refractivity contribution in [2.24, 2.45) is 5.41 Å². The van der Waals surface area contributed by atoms with Crippen molar-refractivity contribution in [3.05, 3.63) is 58.5 Å². The molecule has 3 aliphatic rings. The van der Waals surface area contributed by atoms with Gasteiger partial charge < -0.3 is 19.6 Å². The average Bonchev–Trinajstić information content (AvgIpc) is 3.63. The molecule has 1 spiro atoms. The summed E-state index contributed by atoms with van der Waals surface area (Å²) in [5.74, 6) is 0.429. The lowest BCUT2D eigenvalue weighted by atomic mass is 9.77. The van der Waals surface area contributed by atoms with Crippen LogP contribution < -0.4 is 4.90 Å². The molecular weight excluding hydrogens is 458 g/mol. The van der Waals surface area contributed by atoms with E-state index in [1.54, 1.807) is 0 Å². The molecule has 36 heavy (non-hydrogen) atoms. The highest BCUT2D eigenvalue weighted by molar-refractivity contribution is 5.94. The van der Waals surface area contributed by atoms with Crippen LogP contribution in [0.5, 0.6) is 0 Å². The molecule has 0 saturated carbocycles. The van der Waals surface area contributed by atoms with E-state index in [-0.39, 0.29) is 5.97 Å². The number of hydrogen-bond donors (Lipinski definition) is 1. The van der Waals surface area contributed by atoms with E-state index in [0.717, 1.165) is 55.8 Å². The number of ether oxygens (including phenoxy) is 1. The van der Waals surface area contributed by atoms with Crippen molar-refractivity contribution < 1.29 is 14.6 Å². The maximum absolute atomic E-state index is 11.9. The predicted molar refractivity (Wildman–Crippen MR) is 132 cm³/mol. The summed E-state index contributed by atoms with van der Waals surface area (Å²) in [5.41, 5.74) is 6.09. The van der Waals surface area contributed by atoms with Crippen molar-refractivity contribution in [1.82, 2.24) is 30.1 Å². The Morgan fingerprint density at radius 3 is 2.67 bits per heavy atom. The van der Waals surface area contributed by atoms with E-state index in [4.69, 9.17) is 4.74 Å². The number of cyclic esters (lactones) is 1. The van der Waals surface area contributed by atoms with E-state index in [0.29, 0.717) is 29.9 Å². The van der Waals surface area contributed by atoms with Gasteiger partial charge in [0.05, 0.1) is 11.7 Å². The zero-order valence-corrected chi connectivity index (χ0v) is 20.7. The number of tetrazole rings is 1. The maximum atomic E-state index is 11.9. The predicted octanol–water partition coefficient (Wildman–Crippen LogP) is 2.37. The summed E-state index contributed by atoms with van der Waals surface area (Å²) in [6.07, 6.45) is 4.34. The van der Waals surface area contributed by atoms with Crippen molar-refractivity contribution in [2.45, 2.75) is 45.8 Å². The van der Waals surface area contributed by atoms with Gasteiger partial charge in [0.1, 0.15) is 12.9 Å². The highest BCUT2D eigenvalue weighted by Gasteiger charge is 2.41. The molecular formula is C26H31N7O3. The first-order valence-corrected chi connectivity index (χ1v) is 12.6. The Morgan fingerprint density at radius 2 is 1.92 bits per heavy atom. The number of anilines is 1. The number of rotatable bonds is 5. The Balaban J connectivity index is 1.07. The van der Waals surface area contributed by atoms with Crippen molar-refractivity contribution >= 4 is 11.7 Å². The standard InChI is InChI=1S/C26H31N7O3/c1-17-21-14-36-25(35)20(21)3-5-22(17)32-12-9-26(15-32)7-10-31(11-8-26)13-23(34)19-4-6-24(28-18(19)2)33-16-27-29-30-33/h3-6,16,23,34H,7-15H2,1-2H3/t23-/m0/s1. The number of carbonyl (C=O) groups excluding carboxylic acids is 1. The molecule has 1 atom stereocenters. The number of pyridine rings is 1. The van der Waals surface area contributed by atoms with Crippen molar-refractivity contribution in [3.63, 3.8) is 0 Å². The van der Waals surface area contributed by atoms with Crippen molar-refractivity contribution in [3.8, 4) is 5.82 Å². The Labute approximate surface area is 209 Å². The number of aliphatic hydroxyl groups is 1. The molecule has 0 aliphatic carbocycles. The first-order chi connectivity index (χ1) is 17.4. The third-order valence-electron chi connectivity index (χ3n) is 8.32. The molecule has 0 amide bonds. The molecule has 1 aromatic carbocycles. The molecule has 0 unspecified atom stereocenters. The lowest BCUT2D eigenvalue weighted by molar-refractivity contribution is 0.0535. The minimum Gasteiger partial charge on any atom is -0.457 e. The fourth-order valence-electron chi connectivity index (χ4n) is 6.09. The fourth-order valence-corrected chi connectivity index (χ4v) is 6.09. The van der Waals surface area contributed by atoms with Crippen LogP contribution in [0.2, 0.25) is 0 Å². The molecule has 3 aromatic rings. The Bertz CT molecular complexity index is 1280. The van der Waals surface area contributed by atoms with Gasteiger partial charge in [0.25, 0.3) is 0 Å². The largest absolute Gasteiger partial charge is 0.457 e. The van der Waals surface area contributed by atoms with Gasteiger partial charge in [0, 0.05) is 42.1 Å². The maximum Gasteiger partial charge on any atom is 0.338 e. The number of nitrogens with zero attached hydrogens (tertiary/aromatic N) is 7. The van der Waals surface area contributed by atoms with E-state index >= 15 is 0 Å². The van der Waals surface area contributed by atoms with Gasteiger partial charge in [0.2, 0.25) is 0 Å². The average molecular weight is 490 g/mol. The second-order valence-electron chi connectivity index (χ2n) is 10.4. The molecule has 0 radical (unpaired) electrons. The summed E-state index contributed by atoms with van der Waals surface area (Å²) in [5, 5.41) is 22.2. The number of carbonyl (C=O) groups is 1. The Hall–Kier alpha value is -3.37. The number of aryl methyl sites for hydroxylation is 1. The van der Waals surface area contributed by atoms with Crippen LogP contribution in [-0.2, 0) is 11.3 Å². The van der Waals surface area contributed by atoms with Gasteiger partial charge >= 0.3 is 5.97 Å². The number of esters is 1. The normalized spacial score (nSPS) is 20.1. The molecule has 2 aromatic heterocycles. The Morgan fingerprint density at radius 1 is 1.11 bits per heavy atom. The van der Waals surface area contributed by atoms with Crippen molar-refractivity contribution in [2.75, 3.05) is 37.6 Å². The smallest absolute Gasteiger partial charge is 0.338 e. The van der Waals surface area contributed by atoms with Crippen LogP contribution >= 0.6 is 0 Å². The molecule has 3 aliphatic heterocycles. The van der Waals surface area contributed by atoms with E-state index in [2.05, 4.69) is 43.3 Å². The first kappa shape index (κ1) is 23.1. The van der Waals surface area contributed by atoms with Gasteiger partial charge in [-0.05, 0) is 85.8 Å². The summed E-state index contributed by atoms with van der Waals surface area (Å²) in [6, 6.07) is 7.77. The zero-order valence-electron chi connectivity index (χ0n) is 20.7. The molecule has 10 nitrogen and oxygen atoms in total. The van der Waals surface area contributed by atoms with Crippen LogP contribution in [0.15, 0.2) is 30.6 Å². The van der Waals surface area contributed by atoms with Crippen LogP contribution in [0.4, 0.5) is 5.69 Å². The van der Waals surface area contributed by atoms with E-state index in [1.165, 1.54) is 28.7 Å². The molecule has 6 rings (SSSR count). The minimum absolute atomic E-state index is 0.207. The van der Waals surface area contributed by atoms with E-state index in [1.807, 2.05) is 25.1 Å². The third kappa shape index (κ3) is 4.04. The van der Waals surface area contributed by atoms with Crippen molar-refractivity contribution in [1.29, 1.82) is 0 Å². The zero-order chi connectivity index (χ0) is 24.9. The lowest BCUT2D eigenvalue weighted by Gasteiger charge is -2.40. The summed E-state index contributed by atoms with van der Waals surface area (Å²) in [7, 11) is 0. The van der Waals surface area contributed by atoms with E-state index < -0.39 is 6.10 Å².